The third kappa shape index (κ3) is 4.42. The average Bonchev–Trinajstić information content (AvgIpc) is 2.45. The van der Waals surface area contributed by atoms with E-state index in [1.165, 1.54) is 0 Å². The molecule has 0 bridgehead atoms. The first-order valence-electron chi connectivity index (χ1n) is 6.99. The van der Waals surface area contributed by atoms with E-state index < -0.39 is 6.61 Å². The Labute approximate surface area is 118 Å². The van der Waals surface area contributed by atoms with Gasteiger partial charge in [-0.05, 0) is 49.9 Å². The second kappa shape index (κ2) is 7.55. The van der Waals surface area contributed by atoms with Gasteiger partial charge in [-0.1, -0.05) is 12.1 Å². The van der Waals surface area contributed by atoms with Crippen molar-refractivity contribution in [1.82, 2.24) is 5.32 Å². The summed E-state index contributed by atoms with van der Waals surface area (Å²) in [5, 5.41) is 3.26. The maximum atomic E-state index is 12.3. The Morgan fingerprint density at radius 2 is 2.10 bits per heavy atom. The van der Waals surface area contributed by atoms with E-state index in [2.05, 4.69) is 10.1 Å². The SMILES string of the molecule is CNC(CC1CCOCC1)c1cccc(OC(F)F)c1. The van der Waals surface area contributed by atoms with E-state index in [-0.39, 0.29) is 11.8 Å². The van der Waals surface area contributed by atoms with Crippen LogP contribution in [0.3, 0.4) is 0 Å². The number of benzene rings is 1. The number of ether oxygens (including phenoxy) is 2. The molecule has 0 aliphatic carbocycles. The standard InChI is InChI=1S/C15H21F2NO2/c1-18-14(9-11-5-7-19-8-6-11)12-3-2-4-13(10-12)20-15(16)17/h2-4,10-11,14-15,18H,5-9H2,1H3. The van der Waals surface area contributed by atoms with Crippen molar-refractivity contribution >= 4 is 0 Å². The van der Waals surface area contributed by atoms with E-state index in [1.807, 2.05) is 13.1 Å². The summed E-state index contributed by atoms with van der Waals surface area (Å²) in [6, 6.07) is 7.09. The van der Waals surface area contributed by atoms with Crippen LogP contribution in [0.15, 0.2) is 24.3 Å². The molecule has 1 aliphatic rings. The number of hydrogen-bond donors (Lipinski definition) is 1. The Morgan fingerprint density at radius 1 is 1.35 bits per heavy atom. The Morgan fingerprint density at radius 3 is 2.75 bits per heavy atom. The van der Waals surface area contributed by atoms with Crippen molar-refractivity contribution in [3.63, 3.8) is 0 Å². The summed E-state index contributed by atoms with van der Waals surface area (Å²) >= 11 is 0. The normalized spacial score (nSPS) is 18.2. The zero-order chi connectivity index (χ0) is 14.4. The Balaban J connectivity index is 2.02. The fourth-order valence-electron chi connectivity index (χ4n) is 2.64. The van der Waals surface area contributed by atoms with Crippen molar-refractivity contribution in [3.8, 4) is 5.75 Å². The molecule has 0 amide bonds. The van der Waals surface area contributed by atoms with Gasteiger partial charge < -0.3 is 14.8 Å². The van der Waals surface area contributed by atoms with E-state index in [4.69, 9.17) is 4.74 Å². The minimum absolute atomic E-state index is 0.152. The van der Waals surface area contributed by atoms with Gasteiger partial charge in [0.2, 0.25) is 0 Å². The first-order valence-corrected chi connectivity index (χ1v) is 6.99. The molecule has 3 nitrogen and oxygen atoms in total. The zero-order valence-electron chi connectivity index (χ0n) is 11.6. The van der Waals surface area contributed by atoms with E-state index in [1.54, 1.807) is 18.2 Å². The predicted octanol–water partition coefficient (Wildman–Crippen LogP) is 3.37. The molecule has 5 heteroatoms. The summed E-state index contributed by atoms with van der Waals surface area (Å²) in [6.45, 7) is -1.15. The fourth-order valence-corrected chi connectivity index (χ4v) is 2.64. The van der Waals surface area contributed by atoms with Gasteiger partial charge in [-0.3, -0.25) is 0 Å². The van der Waals surface area contributed by atoms with Crippen LogP contribution in [0.25, 0.3) is 0 Å². The van der Waals surface area contributed by atoms with Crippen LogP contribution in [-0.2, 0) is 4.74 Å². The summed E-state index contributed by atoms with van der Waals surface area (Å²) in [5.41, 5.74) is 0.983. The molecule has 1 aliphatic heterocycles. The smallest absolute Gasteiger partial charge is 0.387 e. The minimum Gasteiger partial charge on any atom is -0.435 e. The van der Waals surface area contributed by atoms with Crippen LogP contribution in [0.4, 0.5) is 8.78 Å². The first-order chi connectivity index (χ1) is 9.69. The lowest BCUT2D eigenvalue weighted by Gasteiger charge is -2.27. The van der Waals surface area contributed by atoms with E-state index in [0.29, 0.717) is 5.92 Å². The third-order valence-corrected chi connectivity index (χ3v) is 3.74. The summed E-state index contributed by atoms with van der Waals surface area (Å²) < 4.78 is 34.3. The van der Waals surface area contributed by atoms with Gasteiger partial charge in [-0.2, -0.15) is 8.78 Å². The van der Waals surface area contributed by atoms with Crippen LogP contribution in [0.1, 0.15) is 30.9 Å². The van der Waals surface area contributed by atoms with Crippen molar-refractivity contribution in [3.05, 3.63) is 29.8 Å². The van der Waals surface area contributed by atoms with E-state index in [9.17, 15) is 8.78 Å². The molecular weight excluding hydrogens is 264 g/mol. The fraction of sp³-hybridized carbons (Fsp3) is 0.600. The van der Waals surface area contributed by atoms with Gasteiger partial charge in [0, 0.05) is 19.3 Å². The molecule has 1 fully saturated rings. The molecule has 1 unspecified atom stereocenters. The summed E-state index contributed by atoms with van der Waals surface area (Å²) in [5.74, 6) is 0.825. The molecule has 1 aromatic rings. The highest BCUT2D eigenvalue weighted by Gasteiger charge is 2.20. The van der Waals surface area contributed by atoms with Gasteiger partial charge in [0.1, 0.15) is 5.75 Å². The Kier molecular flexibility index (Phi) is 5.73. The molecule has 20 heavy (non-hydrogen) atoms. The van der Waals surface area contributed by atoms with Gasteiger partial charge in [-0.15, -0.1) is 0 Å². The quantitative estimate of drug-likeness (QED) is 0.869. The highest BCUT2D eigenvalue weighted by atomic mass is 19.3. The van der Waals surface area contributed by atoms with Gasteiger partial charge in [0.25, 0.3) is 0 Å². The number of alkyl halides is 2. The number of halogens is 2. The van der Waals surface area contributed by atoms with Crippen molar-refractivity contribution < 1.29 is 18.3 Å². The predicted molar refractivity (Wildman–Crippen MR) is 73.0 cm³/mol. The largest absolute Gasteiger partial charge is 0.435 e. The lowest BCUT2D eigenvalue weighted by Crippen LogP contribution is -2.24. The van der Waals surface area contributed by atoms with Gasteiger partial charge >= 0.3 is 6.61 Å². The Hall–Kier alpha value is -1.20. The topological polar surface area (TPSA) is 30.5 Å². The molecule has 0 spiro atoms. The molecule has 1 heterocycles. The third-order valence-electron chi connectivity index (χ3n) is 3.74. The molecule has 1 saturated heterocycles. The number of nitrogens with one attached hydrogen (secondary N) is 1. The van der Waals surface area contributed by atoms with Crippen molar-refractivity contribution in [1.29, 1.82) is 0 Å². The Bertz CT molecular complexity index is 409. The van der Waals surface area contributed by atoms with Crippen LogP contribution in [0, 0.1) is 5.92 Å². The monoisotopic (exact) mass is 285 g/mol. The van der Waals surface area contributed by atoms with Gasteiger partial charge in [0.15, 0.2) is 0 Å². The molecular formula is C15H21F2NO2. The minimum atomic E-state index is -2.78. The maximum Gasteiger partial charge on any atom is 0.387 e. The van der Waals surface area contributed by atoms with Crippen LogP contribution < -0.4 is 10.1 Å². The zero-order valence-corrected chi connectivity index (χ0v) is 11.6. The van der Waals surface area contributed by atoms with E-state index >= 15 is 0 Å². The van der Waals surface area contributed by atoms with Crippen LogP contribution in [0.2, 0.25) is 0 Å². The van der Waals surface area contributed by atoms with Crippen LogP contribution in [0.5, 0.6) is 5.75 Å². The molecule has 0 aromatic heterocycles. The van der Waals surface area contributed by atoms with Crippen molar-refractivity contribution in [2.24, 2.45) is 5.92 Å². The molecule has 112 valence electrons. The highest BCUT2D eigenvalue weighted by Crippen LogP contribution is 2.29. The van der Waals surface area contributed by atoms with Gasteiger partial charge in [-0.25, -0.2) is 0 Å². The summed E-state index contributed by atoms with van der Waals surface area (Å²) in [7, 11) is 1.89. The molecule has 0 saturated carbocycles. The summed E-state index contributed by atoms with van der Waals surface area (Å²) in [6.07, 6.45) is 3.11. The second-order valence-electron chi connectivity index (χ2n) is 5.08. The maximum absolute atomic E-state index is 12.3. The van der Waals surface area contributed by atoms with Crippen LogP contribution in [-0.4, -0.2) is 26.9 Å². The van der Waals surface area contributed by atoms with Crippen molar-refractivity contribution in [2.75, 3.05) is 20.3 Å². The lowest BCUT2D eigenvalue weighted by molar-refractivity contribution is -0.0499. The highest BCUT2D eigenvalue weighted by molar-refractivity contribution is 5.30. The van der Waals surface area contributed by atoms with Crippen molar-refractivity contribution in [2.45, 2.75) is 31.9 Å². The molecule has 1 atom stereocenters. The molecule has 0 radical (unpaired) electrons. The second-order valence-corrected chi connectivity index (χ2v) is 5.08. The van der Waals surface area contributed by atoms with Crippen LogP contribution >= 0.6 is 0 Å². The molecule has 2 rings (SSSR count). The number of rotatable bonds is 6. The van der Waals surface area contributed by atoms with Gasteiger partial charge in [0.05, 0.1) is 0 Å². The number of hydrogen-bond acceptors (Lipinski definition) is 3. The first kappa shape index (κ1) is 15.2. The lowest BCUT2D eigenvalue weighted by atomic mass is 9.89. The molecule has 1 aromatic carbocycles. The molecule has 1 N–H and O–H groups in total. The average molecular weight is 285 g/mol. The van der Waals surface area contributed by atoms with E-state index in [0.717, 1.165) is 38.0 Å². The summed E-state index contributed by atoms with van der Waals surface area (Å²) in [4.78, 5) is 0.